The standard InChI is InChI=1S/C11H10BrN3O3/c1-16-10-5(12)2-7-11(18-4-17-7)9(10)6-3-8(13)15-14-6/h2-3H,4H2,1H3,(H3,13,14,15). The van der Waals surface area contributed by atoms with Crippen molar-refractivity contribution >= 4 is 21.7 Å². The lowest BCUT2D eigenvalue weighted by Crippen LogP contribution is -1.94. The van der Waals surface area contributed by atoms with Gasteiger partial charge in [-0.2, -0.15) is 5.10 Å². The van der Waals surface area contributed by atoms with Gasteiger partial charge in [0.2, 0.25) is 6.79 Å². The first-order valence-electron chi connectivity index (χ1n) is 5.18. The Balaban J connectivity index is 2.29. The Morgan fingerprint density at radius 3 is 2.94 bits per heavy atom. The molecule has 0 spiro atoms. The number of hydrogen-bond acceptors (Lipinski definition) is 5. The summed E-state index contributed by atoms with van der Waals surface area (Å²) in [5.41, 5.74) is 7.08. The summed E-state index contributed by atoms with van der Waals surface area (Å²) in [5.74, 6) is 2.33. The Bertz CT molecular complexity index is 608. The highest BCUT2D eigenvalue weighted by molar-refractivity contribution is 9.10. The summed E-state index contributed by atoms with van der Waals surface area (Å²) in [6, 6.07) is 3.52. The van der Waals surface area contributed by atoms with Crippen LogP contribution in [-0.4, -0.2) is 24.1 Å². The largest absolute Gasteiger partial charge is 0.495 e. The van der Waals surface area contributed by atoms with Crippen LogP contribution in [0.15, 0.2) is 16.6 Å². The topological polar surface area (TPSA) is 82.4 Å². The van der Waals surface area contributed by atoms with Gasteiger partial charge in [-0.3, -0.25) is 5.10 Å². The number of methoxy groups -OCH3 is 1. The van der Waals surface area contributed by atoms with Crippen LogP contribution in [0.4, 0.5) is 5.82 Å². The second-order valence-electron chi connectivity index (χ2n) is 3.71. The van der Waals surface area contributed by atoms with E-state index in [0.29, 0.717) is 28.8 Å². The van der Waals surface area contributed by atoms with Crippen molar-refractivity contribution in [2.75, 3.05) is 19.6 Å². The lowest BCUT2D eigenvalue weighted by molar-refractivity contribution is 0.174. The minimum atomic E-state index is 0.186. The molecule has 2 heterocycles. The fraction of sp³-hybridized carbons (Fsp3) is 0.182. The Morgan fingerprint density at radius 1 is 1.44 bits per heavy atom. The number of aromatic nitrogens is 2. The van der Waals surface area contributed by atoms with E-state index in [2.05, 4.69) is 26.1 Å². The zero-order valence-electron chi connectivity index (χ0n) is 9.49. The highest BCUT2D eigenvalue weighted by Crippen LogP contribution is 2.50. The molecule has 0 unspecified atom stereocenters. The van der Waals surface area contributed by atoms with Gasteiger partial charge in [-0.25, -0.2) is 0 Å². The van der Waals surface area contributed by atoms with Crippen LogP contribution in [0.25, 0.3) is 11.3 Å². The summed E-state index contributed by atoms with van der Waals surface area (Å²) in [7, 11) is 1.59. The number of ether oxygens (including phenoxy) is 3. The molecule has 0 atom stereocenters. The Kier molecular flexibility index (Phi) is 2.55. The summed E-state index contributed by atoms with van der Waals surface area (Å²) in [6.07, 6.45) is 0. The molecule has 6 nitrogen and oxygen atoms in total. The number of halogens is 1. The minimum Gasteiger partial charge on any atom is -0.495 e. The molecule has 0 aliphatic carbocycles. The molecule has 1 aromatic heterocycles. The summed E-state index contributed by atoms with van der Waals surface area (Å²) < 4.78 is 17.0. The van der Waals surface area contributed by atoms with E-state index in [4.69, 9.17) is 19.9 Å². The number of rotatable bonds is 2. The normalized spacial score (nSPS) is 12.8. The Labute approximate surface area is 111 Å². The van der Waals surface area contributed by atoms with Crippen molar-refractivity contribution < 1.29 is 14.2 Å². The molecule has 0 saturated carbocycles. The van der Waals surface area contributed by atoms with E-state index in [1.54, 1.807) is 13.2 Å². The molecular formula is C11H10BrN3O3. The lowest BCUT2D eigenvalue weighted by Gasteiger charge is -2.11. The molecule has 1 aliphatic rings. The number of benzene rings is 1. The first-order chi connectivity index (χ1) is 8.70. The minimum absolute atomic E-state index is 0.186. The van der Waals surface area contributed by atoms with Crippen LogP contribution >= 0.6 is 15.9 Å². The van der Waals surface area contributed by atoms with Crippen molar-refractivity contribution in [1.29, 1.82) is 0 Å². The molecule has 0 bridgehead atoms. The second-order valence-corrected chi connectivity index (χ2v) is 4.56. The fourth-order valence-electron chi connectivity index (χ4n) is 1.90. The van der Waals surface area contributed by atoms with Crippen molar-refractivity contribution in [2.45, 2.75) is 0 Å². The van der Waals surface area contributed by atoms with Gasteiger partial charge in [0.15, 0.2) is 11.5 Å². The fourth-order valence-corrected chi connectivity index (χ4v) is 2.47. The molecule has 0 fully saturated rings. The van der Waals surface area contributed by atoms with Gasteiger partial charge in [-0.1, -0.05) is 0 Å². The van der Waals surface area contributed by atoms with Crippen LogP contribution in [0.5, 0.6) is 17.2 Å². The number of nitrogen functional groups attached to an aromatic ring is 1. The van der Waals surface area contributed by atoms with E-state index in [0.717, 1.165) is 10.0 Å². The molecule has 0 radical (unpaired) electrons. The van der Waals surface area contributed by atoms with Crippen molar-refractivity contribution in [2.24, 2.45) is 0 Å². The average molecular weight is 312 g/mol. The second kappa shape index (κ2) is 4.09. The Hall–Kier alpha value is -1.89. The summed E-state index contributed by atoms with van der Waals surface area (Å²) in [6.45, 7) is 0.186. The number of aromatic amines is 1. The average Bonchev–Trinajstić information content (AvgIpc) is 2.95. The highest BCUT2D eigenvalue weighted by atomic mass is 79.9. The number of nitrogens with zero attached hydrogens (tertiary/aromatic N) is 1. The monoisotopic (exact) mass is 311 g/mol. The van der Waals surface area contributed by atoms with Crippen LogP contribution in [-0.2, 0) is 0 Å². The maximum atomic E-state index is 5.62. The van der Waals surface area contributed by atoms with E-state index in [-0.39, 0.29) is 6.79 Å². The van der Waals surface area contributed by atoms with Crippen LogP contribution in [0.2, 0.25) is 0 Å². The maximum absolute atomic E-state index is 5.62. The van der Waals surface area contributed by atoms with E-state index in [9.17, 15) is 0 Å². The van der Waals surface area contributed by atoms with Crippen molar-refractivity contribution in [3.8, 4) is 28.5 Å². The van der Waals surface area contributed by atoms with Crippen molar-refractivity contribution in [1.82, 2.24) is 10.2 Å². The maximum Gasteiger partial charge on any atom is 0.231 e. The predicted molar refractivity (Wildman–Crippen MR) is 68.8 cm³/mol. The van der Waals surface area contributed by atoms with Gasteiger partial charge in [0, 0.05) is 12.1 Å². The van der Waals surface area contributed by atoms with Crippen molar-refractivity contribution in [3.05, 3.63) is 16.6 Å². The van der Waals surface area contributed by atoms with E-state index in [1.807, 2.05) is 6.07 Å². The van der Waals surface area contributed by atoms with Gasteiger partial charge in [-0.05, 0) is 15.9 Å². The number of hydrogen-bond donors (Lipinski definition) is 2. The summed E-state index contributed by atoms with van der Waals surface area (Å²) >= 11 is 3.44. The zero-order valence-corrected chi connectivity index (χ0v) is 11.1. The third-order valence-electron chi connectivity index (χ3n) is 2.64. The van der Waals surface area contributed by atoms with Gasteiger partial charge in [0.25, 0.3) is 0 Å². The van der Waals surface area contributed by atoms with E-state index in [1.165, 1.54) is 0 Å². The van der Waals surface area contributed by atoms with Gasteiger partial charge in [-0.15, -0.1) is 0 Å². The SMILES string of the molecule is COc1c(Br)cc2c(c1-c1cc(N)n[nH]1)OCO2. The molecule has 94 valence electrons. The smallest absolute Gasteiger partial charge is 0.231 e. The molecule has 7 heteroatoms. The van der Waals surface area contributed by atoms with Crippen LogP contribution in [0.1, 0.15) is 0 Å². The zero-order chi connectivity index (χ0) is 12.7. The van der Waals surface area contributed by atoms with Crippen LogP contribution in [0.3, 0.4) is 0 Å². The molecule has 0 saturated heterocycles. The highest BCUT2D eigenvalue weighted by Gasteiger charge is 2.26. The number of H-pyrrole nitrogens is 1. The molecule has 3 rings (SSSR count). The van der Waals surface area contributed by atoms with Gasteiger partial charge in [0.05, 0.1) is 22.8 Å². The number of nitrogens with two attached hydrogens (primary N) is 1. The quantitative estimate of drug-likeness (QED) is 0.888. The van der Waals surface area contributed by atoms with Gasteiger partial charge >= 0.3 is 0 Å². The van der Waals surface area contributed by atoms with E-state index < -0.39 is 0 Å². The van der Waals surface area contributed by atoms with Gasteiger partial charge < -0.3 is 19.9 Å². The molecule has 18 heavy (non-hydrogen) atoms. The lowest BCUT2D eigenvalue weighted by atomic mass is 10.1. The van der Waals surface area contributed by atoms with Crippen molar-refractivity contribution in [3.63, 3.8) is 0 Å². The molecule has 0 amide bonds. The molecule has 2 aromatic rings. The predicted octanol–water partition coefficient (Wildman–Crippen LogP) is 2.16. The third-order valence-corrected chi connectivity index (χ3v) is 3.23. The first kappa shape index (κ1) is 11.2. The van der Waals surface area contributed by atoms with E-state index >= 15 is 0 Å². The summed E-state index contributed by atoms with van der Waals surface area (Å²) in [4.78, 5) is 0. The summed E-state index contributed by atoms with van der Waals surface area (Å²) in [5, 5.41) is 6.75. The number of anilines is 1. The number of fused-ring (bicyclic) bond motifs is 1. The first-order valence-corrected chi connectivity index (χ1v) is 5.97. The molecule has 3 N–H and O–H groups in total. The molecular weight excluding hydrogens is 302 g/mol. The molecule has 1 aromatic carbocycles. The molecule has 1 aliphatic heterocycles. The van der Waals surface area contributed by atoms with Crippen LogP contribution in [0, 0.1) is 0 Å². The third kappa shape index (κ3) is 1.59. The van der Waals surface area contributed by atoms with Gasteiger partial charge in [0.1, 0.15) is 11.6 Å². The van der Waals surface area contributed by atoms with Crippen LogP contribution < -0.4 is 19.9 Å². The number of nitrogens with one attached hydrogen (secondary N) is 1. The Morgan fingerprint density at radius 2 is 2.28 bits per heavy atom.